The molecule has 2 aromatic heterocycles. The minimum atomic E-state index is -1.37. The number of aryl methyl sites for hydroxylation is 2. The Bertz CT molecular complexity index is 2070. The van der Waals surface area contributed by atoms with Crippen LogP contribution >= 0.6 is 0 Å². The van der Waals surface area contributed by atoms with E-state index < -0.39 is 83.6 Å². The van der Waals surface area contributed by atoms with Gasteiger partial charge in [0.2, 0.25) is 17.7 Å². The molecule has 0 aliphatic heterocycles. The Morgan fingerprint density at radius 3 is 1.96 bits per heavy atom. The molecule has 3 rings (SSSR count). The number of aromatic nitrogens is 4. The van der Waals surface area contributed by atoms with Gasteiger partial charge in [0, 0.05) is 48.8 Å². The van der Waals surface area contributed by atoms with Crippen molar-refractivity contribution in [3.8, 4) is 0 Å². The van der Waals surface area contributed by atoms with E-state index >= 15 is 0 Å². The Morgan fingerprint density at radius 2 is 1.42 bits per heavy atom. The lowest BCUT2D eigenvalue weighted by Gasteiger charge is -2.28. The summed E-state index contributed by atoms with van der Waals surface area (Å²) in [5.41, 5.74) is -2.94. The quantitative estimate of drug-likeness (QED) is 0.142. The first kappa shape index (κ1) is 40.2. The van der Waals surface area contributed by atoms with E-state index in [-0.39, 0.29) is 36.4 Å². The number of nitrogens with one attached hydrogen (secondary N) is 4. The molecule has 0 unspecified atom stereocenters. The van der Waals surface area contributed by atoms with Crippen molar-refractivity contribution in [2.24, 2.45) is 0 Å². The molecule has 2 heterocycles. The van der Waals surface area contributed by atoms with Gasteiger partial charge in [0.05, 0.1) is 6.54 Å². The number of aromatic amines is 2. The molecule has 0 aliphatic rings. The van der Waals surface area contributed by atoms with E-state index in [0.717, 1.165) is 18.9 Å². The zero-order valence-corrected chi connectivity index (χ0v) is 29.6. The summed E-state index contributed by atoms with van der Waals surface area (Å²) in [5, 5.41) is 14.9. The van der Waals surface area contributed by atoms with E-state index in [2.05, 4.69) is 20.6 Å². The summed E-state index contributed by atoms with van der Waals surface area (Å²) in [5.74, 6) is -3.54. The highest BCUT2D eigenvalue weighted by atomic mass is 16.6. The van der Waals surface area contributed by atoms with E-state index in [1.54, 1.807) is 39.0 Å². The first-order valence-electron chi connectivity index (χ1n) is 16.0. The van der Waals surface area contributed by atoms with Gasteiger partial charge in [-0.3, -0.25) is 43.1 Å². The van der Waals surface area contributed by atoms with Gasteiger partial charge < -0.3 is 30.3 Å². The predicted molar refractivity (Wildman–Crippen MR) is 186 cm³/mol. The van der Waals surface area contributed by atoms with Crippen LogP contribution in [0.3, 0.4) is 0 Å². The fourth-order valence-corrected chi connectivity index (χ4v) is 4.75. The number of aliphatic carboxylic acids is 1. The van der Waals surface area contributed by atoms with Gasteiger partial charge in [-0.15, -0.1) is 0 Å². The Morgan fingerprint density at radius 1 is 0.885 bits per heavy atom. The average molecular weight is 727 g/mol. The third kappa shape index (κ3) is 11.4. The normalized spacial score (nSPS) is 11.7. The number of carbonyl (C=O) groups is 5. The first-order chi connectivity index (χ1) is 24.2. The van der Waals surface area contributed by atoms with Gasteiger partial charge in [-0.2, -0.15) is 0 Å². The van der Waals surface area contributed by atoms with Crippen LogP contribution < -0.4 is 33.1 Å². The molecule has 0 spiro atoms. The second-order valence-electron chi connectivity index (χ2n) is 12.9. The Balaban J connectivity index is 1.84. The number of carbonyl (C=O) groups excluding carboxylic acids is 4. The molecule has 0 fully saturated rings. The van der Waals surface area contributed by atoms with E-state index in [1.807, 2.05) is 0 Å². The third-order valence-electron chi connectivity index (χ3n) is 7.50. The van der Waals surface area contributed by atoms with E-state index in [4.69, 9.17) is 4.74 Å². The largest absolute Gasteiger partial charge is 0.480 e. The highest BCUT2D eigenvalue weighted by Gasteiger charge is 2.28. The third-order valence-corrected chi connectivity index (χ3v) is 7.50. The molecule has 5 N–H and O–H groups in total. The zero-order valence-electron chi connectivity index (χ0n) is 29.6. The van der Waals surface area contributed by atoms with Crippen LogP contribution in [0.25, 0.3) is 0 Å². The molecule has 19 heteroatoms. The molecule has 0 aliphatic carbocycles. The number of H-pyrrole nitrogens is 2. The number of hydrogen-bond donors (Lipinski definition) is 5. The summed E-state index contributed by atoms with van der Waals surface area (Å²) >= 11 is 0. The summed E-state index contributed by atoms with van der Waals surface area (Å²) in [4.78, 5) is 119. The van der Waals surface area contributed by atoms with E-state index in [1.165, 1.54) is 39.2 Å². The Kier molecular flexibility index (Phi) is 13.2. The molecule has 0 saturated carbocycles. The summed E-state index contributed by atoms with van der Waals surface area (Å²) in [6.07, 6.45) is 1.62. The monoisotopic (exact) mass is 726 g/mol. The maximum atomic E-state index is 13.4. The van der Waals surface area contributed by atoms with Crippen molar-refractivity contribution in [1.82, 2.24) is 34.2 Å². The second-order valence-corrected chi connectivity index (χ2v) is 12.9. The highest BCUT2D eigenvalue weighted by molar-refractivity contribution is 5.95. The number of carboxylic acids is 1. The minimum absolute atomic E-state index is 0.133. The van der Waals surface area contributed by atoms with Crippen LogP contribution in [0.15, 0.2) is 55.8 Å². The average Bonchev–Trinajstić information content (AvgIpc) is 3.03. The molecule has 0 saturated heterocycles. The first-order valence-corrected chi connectivity index (χ1v) is 16.0. The SMILES string of the molecule is Cc1cn(CC(=O)N(CCNC(=O)OC(C)(C)C)CC(=O)Nc2ccccc2CN(C(=O)Cn2cc(C)c(=O)[nH]c2=O)[C@H](C)C(=O)O)c(=O)[nH]c1=O. The van der Waals surface area contributed by atoms with Crippen LogP contribution in [0.5, 0.6) is 0 Å². The number of amides is 4. The van der Waals surface area contributed by atoms with Crippen molar-refractivity contribution in [2.75, 3.05) is 25.0 Å². The molecule has 4 amide bonds. The van der Waals surface area contributed by atoms with Gasteiger partial charge in [0.15, 0.2) is 0 Å². The smallest absolute Gasteiger partial charge is 0.407 e. The van der Waals surface area contributed by atoms with Crippen molar-refractivity contribution in [2.45, 2.75) is 72.8 Å². The maximum Gasteiger partial charge on any atom is 0.407 e. The van der Waals surface area contributed by atoms with Gasteiger partial charge in [-0.1, -0.05) is 18.2 Å². The molecule has 0 radical (unpaired) electrons. The number of ether oxygens (including phenoxy) is 1. The number of nitrogens with zero attached hydrogens (tertiary/aromatic N) is 4. The number of carboxylic acid groups (broad SMARTS) is 1. The summed E-state index contributed by atoms with van der Waals surface area (Å²) in [6, 6.07) is 4.83. The molecular formula is C33H42N8O11. The zero-order chi connectivity index (χ0) is 38.9. The van der Waals surface area contributed by atoms with Gasteiger partial charge >= 0.3 is 23.4 Å². The predicted octanol–water partition coefficient (Wildman–Crippen LogP) is -0.503. The lowest BCUT2D eigenvalue weighted by Crippen LogP contribution is -2.46. The van der Waals surface area contributed by atoms with Crippen molar-refractivity contribution in [1.29, 1.82) is 0 Å². The van der Waals surface area contributed by atoms with Gasteiger partial charge in [0.25, 0.3) is 11.1 Å². The molecule has 0 bridgehead atoms. The Labute approximate surface area is 296 Å². The molecular weight excluding hydrogens is 684 g/mol. The topological polar surface area (TPSA) is 255 Å². The second kappa shape index (κ2) is 17.1. The number of anilines is 1. The van der Waals surface area contributed by atoms with Crippen LogP contribution in [-0.4, -0.2) is 95.1 Å². The van der Waals surface area contributed by atoms with Crippen LogP contribution in [-0.2, 0) is 43.5 Å². The molecule has 1 aromatic carbocycles. The number of para-hydroxylation sites is 1. The van der Waals surface area contributed by atoms with Gasteiger partial charge in [-0.25, -0.2) is 19.2 Å². The summed E-state index contributed by atoms with van der Waals surface area (Å²) < 4.78 is 7.13. The van der Waals surface area contributed by atoms with Crippen LogP contribution in [0.1, 0.15) is 44.4 Å². The van der Waals surface area contributed by atoms with Crippen molar-refractivity contribution >= 4 is 35.5 Å². The molecule has 280 valence electrons. The van der Waals surface area contributed by atoms with E-state index in [9.17, 15) is 48.3 Å². The molecule has 1 atom stereocenters. The number of hydrogen-bond acceptors (Lipinski definition) is 10. The number of alkyl carbamates (subject to hydrolysis) is 1. The molecule has 52 heavy (non-hydrogen) atoms. The fourth-order valence-electron chi connectivity index (χ4n) is 4.75. The lowest BCUT2D eigenvalue weighted by molar-refractivity contribution is -0.150. The molecule has 19 nitrogen and oxygen atoms in total. The minimum Gasteiger partial charge on any atom is -0.480 e. The van der Waals surface area contributed by atoms with Crippen molar-refractivity contribution < 1.29 is 33.8 Å². The van der Waals surface area contributed by atoms with Crippen molar-refractivity contribution in [3.63, 3.8) is 0 Å². The maximum absolute atomic E-state index is 13.4. The number of rotatable bonds is 14. The van der Waals surface area contributed by atoms with Crippen molar-refractivity contribution in [3.05, 3.63) is 95.0 Å². The Hall–Kier alpha value is -6.27. The van der Waals surface area contributed by atoms with E-state index in [0.29, 0.717) is 5.56 Å². The van der Waals surface area contributed by atoms with Crippen LogP contribution in [0, 0.1) is 13.8 Å². The molecule has 3 aromatic rings. The highest BCUT2D eigenvalue weighted by Crippen LogP contribution is 2.19. The fraction of sp³-hybridized carbons (Fsp3) is 0.424. The lowest BCUT2D eigenvalue weighted by atomic mass is 10.1. The van der Waals surface area contributed by atoms with Gasteiger partial charge in [-0.05, 0) is 53.2 Å². The van der Waals surface area contributed by atoms with Crippen LogP contribution in [0.4, 0.5) is 10.5 Å². The summed E-state index contributed by atoms with van der Waals surface area (Å²) in [7, 11) is 0. The summed E-state index contributed by atoms with van der Waals surface area (Å²) in [6.45, 7) is 6.81. The number of benzene rings is 1. The standard InChI is InChI=1S/C33H42N8O11/c1-19-13-39(30(49)36-27(19)45)17-25(43)38(12-11-34-32(51)52-33(4,5)6)16-24(42)35-23-10-8-7-9-22(23)15-41(21(3)29(47)48)26(44)18-40-14-20(2)28(46)37-31(40)50/h7-10,13-14,21H,11-12,15-18H2,1-6H3,(H,34,51)(H,35,42)(H,47,48)(H,36,45,49)(H,37,46,50)/t21-/m1/s1. The van der Waals surface area contributed by atoms with Gasteiger partial charge in [0.1, 0.15) is 24.7 Å². The van der Waals surface area contributed by atoms with Crippen LogP contribution in [0.2, 0.25) is 0 Å².